The number of halogens is 2. The first kappa shape index (κ1) is 22.7. The summed E-state index contributed by atoms with van der Waals surface area (Å²) in [6, 6.07) is 0. The average molecular weight is 207 g/mol. The zero-order valence-electron chi connectivity index (χ0n) is 5.26. The van der Waals surface area contributed by atoms with E-state index in [1.165, 1.54) is 0 Å². The molecule has 0 aromatic rings. The number of hydrogen-bond donors (Lipinski definition) is 0. The van der Waals surface area contributed by atoms with Crippen molar-refractivity contribution in [3.63, 3.8) is 0 Å². The summed E-state index contributed by atoms with van der Waals surface area (Å²) < 4.78 is 0. The summed E-state index contributed by atoms with van der Waals surface area (Å²) in [4.78, 5) is 0. The molecule has 0 aliphatic heterocycles. The summed E-state index contributed by atoms with van der Waals surface area (Å²) in [5, 5.41) is 7.08. The molecule has 0 aliphatic rings. The average Bonchev–Trinajstić information content (AvgIpc) is 0.722. The monoisotopic (exact) mass is 206 g/mol. The van der Waals surface area contributed by atoms with Crippen LogP contribution in [0.4, 0.5) is 0 Å². The molecule has 0 heterocycles. The Hall–Kier alpha value is 1.47. The fourth-order valence-corrected chi connectivity index (χ4v) is 0. The van der Waals surface area contributed by atoms with Gasteiger partial charge < -0.3 is 30.2 Å². The molecule has 0 spiro atoms. The molecule has 0 saturated carbocycles. The Bertz CT molecular complexity index is 32.8. The maximum absolute atomic E-state index is 7.08. The van der Waals surface area contributed by atoms with E-state index in [-0.39, 0.29) is 46.5 Å². The van der Waals surface area contributed by atoms with Crippen molar-refractivity contribution in [3.8, 4) is 0 Å². The fourth-order valence-electron chi connectivity index (χ4n) is 0. The predicted octanol–water partition coefficient (Wildman–Crippen LogP) is -4.12. The van der Waals surface area contributed by atoms with Crippen molar-refractivity contribution < 1.29 is 46.5 Å². The van der Waals surface area contributed by atoms with Crippen LogP contribution in [-0.4, -0.2) is 8.24 Å². The quantitative estimate of drug-likeness (QED) is 0.360. The van der Waals surface area contributed by atoms with Crippen molar-refractivity contribution in [1.82, 2.24) is 0 Å². The van der Waals surface area contributed by atoms with Crippen LogP contribution >= 0.6 is 0 Å². The van der Waals surface area contributed by atoms with Crippen LogP contribution < -0.4 is 24.8 Å². The summed E-state index contributed by atoms with van der Waals surface area (Å²) in [5.41, 5.74) is 0. The summed E-state index contributed by atoms with van der Waals surface area (Å²) in [6.07, 6.45) is 0. The Balaban J connectivity index is -0.0000000267. The first-order valence-corrected chi connectivity index (χ1v) is 5.25. The minimum absolute atomic E-state index is 0. The standard InChI is InChI=1S/C3H10NSi.2ClH.Ti/c1-5(2,3)4;;;/h4H,1-3H3;2*1H;/q-1;;;+3/p-2. The molecule has 1 nitrogen and oxygen atoms in total. The van der Waals surface area contributed by atoms with Gasteiger partial charge in [-0.1, -0.05) is 27.9 Å². The van der Waals surface area contributed by atoms with Crippen LogP contribution in [0.15, 0.2) is 0 Å². The molecule has 8 heavy (non-hydrogen) atoms. The molecule has 0 amide bonds. The topological polar surface area (TPSA) is 23.8 Å². The van der Waals surface area contributed by atoms with Crippen LogP contribution in [0.1, 0.15) is 0 Å². The van der Waals surface area contributed by atoms with Crippen molar-refractivity contribution in [2.24, 2.45) is 0 Å². The third kappa shape index (κ3) is 145. The van der Waals surface area contributed by atoms with E-state index in [0.29, 0.717) is 0 Å². The van der Waals surface area contributed by atoms with Crippen LogP contribution in [0, 0.1) is 0 Å². The Morgan fingerprint density at radius 2 is 1.00 bits per heavy atom. The molecule has 0 atom stereocenters. The number of hydrogen-bond acceptors (Lipinski definition) is 0. The van der Waals surface area contributed by atoms with Crippen LogP contribution in [0.5, 0.6) is 0 Å². The van der Waals surface area contributed by atoms with E-state index < -0.39 is 8.24 Å². The Morgan fingerprint density at radius 3 is 1.00 bits per heavy atom. The van der Waals surface area contributed by atoms with Crippen molar-refractivity contribution in [3.05, 3.63) is 5.40 Å². The molecule has 0 rings (SSSR count). The van der Waals surface area contributed by atoms with E-state index in [1.54, 1.807) is 0 Å². The van der Waals surface area contributed by atoms with E-state index in [4.69, 9.17) is 5.40 Å². The van der Waals surface area contributed by atoms with Gasteiger partial charge in [-0.2, -0.15) is 0 Å². The molecule has 1 radical (unpaired) electrons. The third-order valence-electron chi connectivity index (χ3n) is 0. The van der Waals surface area contributed by atoms with Gasteiger partial charge in [0.1, 0.15) is 0 Å². The SMILES string of the molecule is C[Si](C)(C)[NH-].[Cl-].[Cl-].[Ti+3]. The van der Waals surface area contributed by atoms with Gasteiger partial charge in [0, 0.05) is 0 Å². The predicted molar refractivity (Wildman–Crippen MR) is 27.7 cm³/mol. The molecule has 1 N–H and O–H groups in total. The first-order valence-electron chi connectivity index (χ1n) is 1.75. The van der Waals surface area contributed by atoms with Gasteiger partial charge in [-0.05, 0) is 0 Å². The largest absolute Gasteiger partial charge is 3.00 e. The van der Waals surface area contributed by atoms with Gasteiger partial charge in [0.15, 0.2) is 0 Å². The molecule has 0 bridgehead atoms. The van der Waals surface area contributed by atoms with Gasteiger partial charge in [-0.3, -0.25) is 0 Å². The van der Waals surface area contributed by atoms with E-state index in [9.17, 15) is 0 Å². The normalized spacial score (nSPS) is 7.50. The van der Waals surface area contributed by atoms with Gasteiger partial charge in [-0.25, -0.2) is 0 Å². The third-order valence-corrected chi connectivity index (χ3v) is 0. The number of rotatable bonds is 0. The van der Waals surface area contributed by atoms with Crippen LogP contribution in [-0.2, 0) is 21.7 Å². The molecule has 0 unspecified atom stereocenters. The molecule has 0 aromatic carbocycles. The summed E-state index contributed by atoms with van der Waals surface area (Å²) in [6.45, 7) is 5.98. The van der Waals surface area contributed by atoms with Crippen molar-refractivity contribution in [2.45, 2.75) is 19.6 Å². The van der Waals surface area contributed by atoms with Crippen LogP contribution in [0.3, 0.4) is 0 Å². The zero-order chi connectivity index (χ0) is 4.50. The molecule has 0 saturated heterocycles. The smallest absolute Gasteiger partial charge is 1.00 e. The van der Waals surface area contributed by atoms with Crippen molar-refractivity contribution in [2.75, 3.05) is 0 Å². The van der Waals surface area contributed by atoms with E-state index in [1.807, 2.05) is 19.6 Å². The second-order valence-electron chi connectivity index (χ2n) is 2.25. The summed E-state index contributed by atoms with van der Waals surface area (Å²) in [5.74, 6) is 0. The van der Waals surface area contributed by atoms with Crippen molar-refractivity contribution in [1.29, 1.82) is 0 Å². The Labute approximate surface area is 79.6 Å². The maximum Gasteiger partial charge on any atom is 3.00 e. The van der Waals surface area contributed by atoms with Crippen LogP contribution in [0.25, 0.3) is 5.40 Å². The minimum atomic E-state index is -1.36. The minimum Gasteiger partial charge on any atom is -1.00 e. The first-order chi connectivity index (χ1) is 2.00. The Kier molecular flexibility index (Phi) is 24.0. The molecule has 5 heteroatoms. The second-order valence-corrected chi connectivity index (χ2v) is 6.75. The fraction of sp³-hybridized carbons (Fsp3) is 1.00. The van der Waals surface area contributed by atoms with Gasteiger partial charge in [-0.15, -0.1) is 0 Å². The van der Waals surface area contributed by atoms with Gasteiger partial charge in [0.05, 0.1) is 0 Å². The van der Waals surface area contributed by atoms with E-state index >= 15 is 0 Å². The van der Waals surface area contributed by atoms with Gasteiger partial charge >= 0.3 is 21.7 Å². The molecule has 0 fully saturated rings. The summed E-state index contributed by atoms with van der Waals surface area (Å²) >= 11 is 0. The zero-order valence-corrected chi connectivity index (χ0v) is 9.33. The van der Waals surface area contributed by atoms with E-state index in [2.05, 4.69) is 0 Å². The molecule has 0 aromatic heterocycles. The van der Waals surface area contributed by atoms with Crippen molar-refractivity contribution >= 4 is 8.24 Å². The Morgan fingerprint density at radius 1 is 1.00 bits per heavy atom. The molecular weight excluding hydrogens is 197 g/mol. The van der Waals surface area contributed by atoms with Crippen LogP contribution in [0.2, 0.25) is 19.6 Å². The maximum atomic E-state index is 7.08. The molecule has 49 valence electrons. The number of nitrogens with one attached hydrogen (secondary N) is 1. The molecular formula is C3H10Cl2NSiTi. The summed E-state index contributed by atoms with van der Waals surface area (Å²) in [7, 11) is -1.36. The van der Waals surface area contributed by atoms with E-state index in [0.717, 1.165) is 0 Å². The molecule has 0 aliphatic carbocycles. The van der Waals surface area contributed by atoms with Gasteiger partial charge in [0.2, 0.25) is 0 Å². The second kappa shape index (κ2) is 8.47. The van der Waals surface area contributed by atoms with Gasteiger partial charge in [0.25, 0.3) is 0 Å².